The van der Waals surface area contributed by atoms with E-state index in [-0.39, 0.29) is 6.61 Å². The van der Waals surface area contributed by atoms with Crippen LogP contribution in [-0.2, 0) is 9.53 Å². The van der Waals surface area contributed by atoms with E-state index < -0.39 is 18.0 Å². The number of aliphatic hydroxyl groups excluding tert-OH is 1. The lowest BCUT2D eigenvalue weighted by Crippen LogP contribution is -2.24. The van der Waals surface area contributed by atoms with E-state index in [4.69, 9.17) is 27.9 Å². The predicted molar refractivity (Wildman–Crippen MR) is 71.8 cm³/mol. The quantitative estimate of drug-likeness (QED) is 0.843. The number of carbonyl (C=O) groups excluding carboxylic acids is 1. The molecule has 0 spiro atoms. The molecule has 1 aromatic carbocycles. The van der Waals surface area contributed by atoms with Crippen molar-refractivity contribution in [2.24, 2.45) is 5.92 Å². The summed E-state index contributed by atoms with van der Waals surface area (Å²) in [4.78, 5) is 11.7. The van der Waals surface area contributed by atoms with Crippen LogP contribution in [0.4, 0.5) is 0 Å². The highest BCUT2D eigenvalue weighted by Crippen LogP contribution is 2.35. The highest BCUT2D eigenvalue weighted by Gasteiger charge is 2.30. The van der Waals surface area contributed by atoms with E-state index in [0.717, 1.165) is 0 Å². The molecule has 0 amide bonds. The summed E-state index contributed by atoms with van der Waals surface area (Å²) in [5.74, 6) is -1.11. The summed E-state index contributed by atoms with van der Waals surface area (Å²) in [5.41, 5.74) is 0.376. The van der Waals surface area contributed by atoms with Crippen LogP contribution in [0.25, 0.3) is 0 Å². The average Bonchev–Trinajstić information content (AvgIpc) is 2.30. The molecule has 0 radical (unpaired) electrons. The van der Waals surface area contributed by atoms with Gasteiger partial charge in [0.2, 0.25) is 0 Å². The maximum atomic E-state index is 11.7. The Morgan fingerprint density at radius 2 is 1.89 bits per heavy atom. The molecule has 0 aliphatic heterocycles. The number of aliphatic hydroxyl groups is 1. The first-order chi connectivity index (χ1) is 8.52. The lowest BCUT2D eigenvalue weighted by atomic mass is 9.93. The van der Waals surface area contributed by atoms with Gasteiger partial charge in [0, 0.05) is 15.6 Å². The molecule has 0 fully saturated rings. The molecule has 3 nitrogen and oxygen atoms in total. The Balaban J connectivity index is 3.03. The van der Waals surface area contributed by atoms with Crippen molar-refractivity contribution >= 4 is 29.2 Å². The Kier molecular flexibility index (Phi) is 5.93. The Morgan fingerprint density at radius 3 is 2.33 bits per heavy atom. The molecule has 0 saturated heterocycles. The number of carbonyl (C=O) groups is 1. The molecule has 0 aromatic heterocycles. The Hall–Kier alpha value is -0.770. The molecule has 0 aliphatic rings. The second-order valence-corrected chi connectivity index (χ2v) is 4.66. The topological polar surface area (TPSA) is 46.5 Å². The van der Waals surface area contributed by atoms with Gasteiger partial charge in [0.25, 0.3) is 0 Å². The lowest BCUT2D eigenvalue weighted by Gasteiger charge is -2.22. The molecule has 0 saturated carbocycles. The van der Waals surface area contributed by atoms with Crippen molar-refractivity contribution in [3.8, 4) is 0 Å². The summed E-state index contributed by atoms with van der Waals surface area (Å²) in [5, 5.41) is 11.0. The van der Waals surface area contributed by atoms with E-state index in [2.05, 4.69) is 0 Å². The van der Waals surface area contributed by atoms with E-state index in [9.17, 15) is 9.90 Å². The van der Waals surface area contributed by atoms with Crippen molar-refractivity contribution in [3.05, 3.63) is 33.8 Å². The van der Waals surface area contributed by atoms with Crippen LogP contribution in [0.2, 0.25) is 10.0 Å². The monoisotopic (exact) mass is 290 g/mol. The smallest absolute Gasteiger partial charge is 0.311 e. The molecule has 2 atom stereocenters. The molecule has 1 N–H and O–H groups in total. The first kappa shape index (κ1) is 15.3. The molecular weight excluding hydrogens is 275 g/mol. The molecule has 0 bridgehead atoms. The second-order valence-electron chi connectivity index (χ2n) is 3.85. The van der Waals surface area contributed by atoms with Crippen LogP contribution in [0.15, 0.2) is 18.2 Å². The summed E-state index contributed by atoms with van der Waals surface area (Å²) in [6.07, 6.45) is -0.614. The van der Waals surface area contributed by atoms with Crippen LogP contribution in [0.5, 0.6) is 0 Å². The molecule has 5 heteroatoms. The zero-order valence-electron chi connectivity index (χ0n) is 10.3. The molecule has 18 heavy (non-hydrogen) atoms. The SMILES string of the molecule is CCOC(=O)C(CC)C(O)c1c(Cl)cccc1Cl. The fourth-order valence-electron chi connectivity index (χ4n) is 1.76. The van der Waals surface area contributed by atoms with Gasteiger partial charge < -0.3 is 9.84 Å². The largest absolute Gasteiger partial charge is 0.466 e. The van der Waals surface area contributed by atoms with Gasteiger partial charge in [-0.2, -0.15) is 0 Å². The van der Waals surface area contributed by atoms with Gasteiger partial charge in [-0.15, -0.1) is 0 Å². The number of benzene rings is 1. The molecule has 0 aliphatic carbocycles. The van der Waals surface area contributed by atoms with Crippen molar-refractivity contribution in [3.63, 3.8) is 0 Å². The lowest BCUT2D eigenvalue weighted by molar-refractivity contribution is -0.152. The van der Waals surface area contributed by atoms with Gasteiger partial charge in [0.1, 0.15) is 0 Å². The number of hydrogen-bond donors (Lipinski definition) is 1. The third-order valence-electron chi connectivity index (χ3n) is 2.71. The van der Waals surface area contributed by atoms with Crippen LogP contribution in [0.1, 0.15) is 31.9 Å². The maximum Gasteiger partial charge on any atom is 0.311 e. The van der Waals surface area contributed by atoms with E-state index in [1.807, 2.05) is 0 Å². The molecule has 1 aromatic rings. The number of ether oxygens (including phenoxy) is 1. The van der Waals surface area contributed by atoms with Gasteiger partial charge in [0.05, 0.1) is 18.6 Å². The van der Waals surface area contributed by atoms with Crippen LogP contribution in [-0.4, -0.2) is 17.7 Å². The normalized spacial score (nSPS) is 14.1. The van der Waals surface area contributed by atoms with Crippen LogP contribution in [0.3, 0.4) is 0 Å². The van der Waals surface area contributed by atoms with Gasteiger partial charge in [0.15, 0.2) is 0 Å². The molecule has 0 heterocycles. The number of esters is 1. The third kappa shape index (κ3) is 3.37. The van der Waals surface area contributed by atoms with Gasteiger partial charge in [-0.1, -0.05) is 36.2 Å². The Labute approximate surface area is 117 Å². The summed E-state index contributed by atoms with van der Waals surface area (Å²) in [6.45, 7) is 3.80. The maximum absolute atomic E-state index is 11.7. The highest BCUT2D eigenvalue weighted by molar-refractivity contribution is 6.36. The third-order valence-corrected chi connectivity index (χ3v) is 3.36. The molecule has 1 rings (SSSR count). The predicted octanol–water partition coefficient (Wildman–Crippen LogP) is 3.62. The summed E-state index contributed by atoms with van der Waals surface area (Å²) >= 11 is 12.0. The Morgan fingerprint density at radius 1 is 1.33 bits per heavy atom. The second kappa shape index (κ2) is 6.98. The fourth-order valence-corrected chi connectivity index (χ4v) is 2.38. The number of hydrogen-bond acceptors (Lipinski definition) is 3. The van der Waals surface area contributed by atoms with E-state index in [0.29, 0.717) is 22.0 Å². The average molecular weight is 291 g/mol. The van der Waals surface area contributed by atoms with E-state index in [1.54, 1.807) is 32.0 Å². The standard InChI is InChI=1S/C13H16Cl2O3/c1-3-8(13(17)18-4-2)12(16)11-9(14)6-5-7-10(11)15/h5-8,12,16H,3-4H2,1-2H3. The van der Waals surface area contributed by atoms with Crippen molar-refractivity contribution in [1.82, 2.24) is 0 Å². The van der Waals surface area contributed by atoms with Gasteiger partial charge in [-0.3, -0.25) is 4.79 Å². The zero-order valence-corrected chi connectivity index (χ0v) is 11.8. The summed E-state index contributed by atoms with van der Waals surface area (Å²) in [7, 11) is 0. The minimum absolute atomic E-state index is 0.276. The number of halogens is 2. The molecule has 100 valence electrons. The van der Waals surface area contributed by atoms with Crippen molar-refractivity contribution in [1.29, 1.82) is 0 Å². The molecule has 2 unspecified atom stereocenters. The van der Waals surface area contributed by atoms with Crippen molar-refractivity contribution in [2.45, 2.75) is 26.4 Å². The first-order valence-electron chi connectivity index (χ1n) is 5.81. The van der Waals surface area contributed by atoms with Crippen molar-refractivity contribution < 1.29 is 14.6 Å². The van der Waals surface area contributed by atoms with E-state index >= 15 is 0 Å². The van der Waals surface area contributed by atoms with Crippen molar-refractivity contribution in [2.75, 3.05) is 6.61 Å². The summed E-state index contributed by atoms with van der Waals surface area (Å²) in [6, 6.07) is 4.94. The van der Waals surface area contributed by atoms with Crippen LogP contribution < -0.4 is 0 Å². The van der Waals surface area contributed by atoms with Crippen LogP contribution in [0, 0.1) is 5.92 Å². The first-order valence-corrected chi connectivity index (χ1v) is 6.57. The summed E-state index contributed by atoms with van der Waals surface area (Å²) < 4.78 is 4.93. The number of rotatable bonds is 5. The zero-order chi connectivity index (χ0) is 13.7. The molecular formula is C13H16Cl2O3. The minimum Gasteiger partial charge on any atom is -0.466 e. The Bertz CT molecular complexity index is 400. The van der Waals surface area contributed by atoms with E-state index in [1.165, 1.54) is 0 Å². The van der Waals surface area contributed by atoms with Crippen LogP contribution >= 0.6 is 23.2 Å². The van der Waals surface area contributed by atoms with Gasteiger partial charge in [-0.25, -0.2) is 0 Å². The van der Waals surface area contributed by atoms with Gasteiger partial charge in [-0.05, 0) is 25.5 Å². The highest BCUT2D eigenvalue weighted by atomic mass is 35.5. The van der Waals surface area contributed by atoms with Gasteiger partial charge >= 0.3 is 5.97 Å². The minimum atomic E-state index is -1.06. The fraction of sp³-hybridized carbons (Fsp3) is 0.462.